The van der Waals surface area contributed by atoms with Crippen LogP contribution in [0.4, 0.5) is 4.79 Å². The maximum Gasteiger partial charge on any atom is 0.320 e. The maximum absolute atomic E-state index is 12.3. The van der Waals surface area contributed by atoms with Crippen molar-refractivity contribution in [3.05, 3.63) is 29.8 Å². The van der Waals surface area contributed by atoms with E-state index in [2.05, 4.69) is 19.2 Å². The number of likely N-dealkylation sites (tertiary alicyclic amines) is 1. The van der Waals surface area contributed by atoms with Gasteiger partial charge in [0.1, 0.15) is 5.75 Å². The summed E-state index contributed by atoms with van der Waals surface area (Å²) in [7, 11) is 0. The largest absolute Gasteiger partial charge is 0.481 e. The first-order chi connectivity index (χ1) is 11.4. The molecule has 2 N–H and O–H groups in total. The van der Waals surface area contributed by atoms with Gasteiger partial charge in [-0.05, 0) is 37.3 Å². The van der Waals surface area contributed by atoms with Crippen molar-refractivity contribution in [1.82, 2.24) is 10.2 Å². The Morgan fingerprint density at radius 3 is 2.42 bits per heavy atom. The minimum absolute atomic E-state index is 0.214. The van der Waals surface area contributed by atoms with E-state index in [1.54, 1.807) is 11.8 Å². The number of carbonyl (C=O) groups excluding carboxylic acids is 1. The number of nitrogens with zero attached hydrogens (tertiary/aromatic N) is 1. The SMILES string of the molecule is CC(NC(=O)N1CCC(C(=O)O)CC1)Oc1ccccc1C(C)C. The number of carbonyl (C=O) groups is 2. The second-order valence-corrected chi connectivity index (χ2v) is 6.50. The molecular weight excluding hydrogens is 308 g/mol. The number of ether oxygens (including phenoxy) is 1. The standard InChI is InChI=1S/C18H26N2O4/c1-12(2)15-6-4-5-7-16(15)24-13(3)19-18(23)20-10-8-14(9-11-20)17(21)22/h4-7,12-14H,8-11H2,1-3H3,(H,19,23)(H,21,22). The first kappa shape index (κ1) is 18.1. The molecule has 0 radical (unpaired) electrons. The molecule has 0 saturated carbocycles. The van der Waals surface area contributed by atoms with E-state index >= 15 is 0 Å². The van der Waals surface area contributed by atoms with Crippen LogP contribution in [0.5, 0.6) is 5.75 Å². The van der Waals surface area contributed by atoms with E-state index in [-0.39, 0.29) is 11.9 Å². The fraction of sp³-hybridized carbons (Fsp3) is 0.556. The van der Waals surface area contributed by atoms with Gasteiger partial charge in [0.15, 0.2) is 6.23 Å². The van der Waals surface area contributed by atoms with Gasteiger partial charge in [0.25, 0.3) is 0 Å². The minimum atomic E-state index is -0.781. The number of rotatable bonds is 5. The normalized spacial score (nSPS) is 16.8. The summed E-state index contributed by atoms with van der Waals surface area (Å²) in [6, 6.07) is 7.58. The fourth-order valence-electron chi connectivity index (χ4n) is 2.88. The number of hydrogen-bond acceptors (Lipinski definition) is 3. The number of aliphatic carboxylic acids is 1. The van der Waals surface area contributed by atoms with Crippen molar-refractivity contribution in [1.29, 1.82) is 0 Å². The van der Waals surface area contributed by atoms with Crippen molar-refractivity contribution in [2.24, 2.45) is 5.92 Å². The number of para-hydroxylation sites is 1. The van der Waals surface area contributed by atoms with Gasteiger partial charge >= 0.3 is 12.0 Å². The zero-order valence-corrected chi connectivity index (χ0v) is 14.5. The number of carboxylic acids is 1. The molecule has 0 spiro atoms. The van der Waals surface area contributed by atoms with E-state index in [9.17, 15) is 9.59 Å². The van der Waals surface area contributed by atoms with Crippen molar-refractivity contribution in [3.63, 3.8) is 0 Å². The molecule has 1 saturated heterocycles. The highest BCUT2D eigenvalue weighted by Gasteiger charge is 2.27. The summed E-state index contributed by atoms with van der Waals surface area (Å²) in [6.07, 6.45) is 0.525. The van der Waals surface area contributed by atoms with Crippen LogP contribution in [0.2, 0.25) is 0 Å². The van der Waals surface area contributed by atoms with Crippen LogP contribution in [-0.2, 0) is 4.79 Å². The monoisotopic (exact) mass is 334 g/mol. The summed E-state index contributed by atoms with van der Waals surface area (Å²) < 4.78 is 5.87. The van der Waals surface area contributed by atoms with Gasteiger partial charge in [0, 0.05) is 13.1 Å². The molecule has 2 rings (SSSR count). The van der Waals surface area contributed by atoms with Gasteiger partial charge in [-0.2, -0.15) is 0 Å². The summed E-state index contributed by atoms with van der Waals surface area (Å²) in [4.78, 5) is 24.9. The summed E-state index contributed by atoms with van der Waals surface area (Å²) in [6.45, 7) is 6.89. The highest BCUT2D eigenvalue weighted by Crippen LogP contribution is 2.26. The summed E-state index contributed by atoms with van der Waals surface area (Å²) in [5, 5.41) is 11.8. The van der Waals surface area contributed by atoms with Crippen molar-refractivity contribution >= 4 is 12.0 Å². The van der Waals surface area contributed by atoms with Crippen LogP contribution in [0, 0.1) is 5.92 Å². The van der Waals surface area contributed by atoms with Crippen LogP contribution >= 0.6 is 0 Å². The lowest BCUT2D eigenvalue weighted by atomic mass is 9.97. The Kier molecular flexibility index (Phi) is 6.06. The van der Waals surface area contributed by atoms with E-state index in [4.69, 9.17) is 9.84 Å². The lowest BCUT2D eigenvalue weighted by molar-refractivity contribution is -0.143. The number of benzene rings is 1. The Labute approximate surface area is 142 Å². The molecule has 1 aromatic carbocycles. The number of piperidine rings is 1. The van der Waals surface area contributed by atoms with E-state index < -0.39 is 12.2 Å². The fourth-order valence-corrected chi connectivity index (χ4v) is 2.88. The van der Waals surface area contributed by atoms with E-state index in [1.165, 1.54) is 0 Å². The Morgan fingerprint density at radius 1 is 1.21 bits per heavy atom. The third-order valence-electron chi connectivity index (χ3n) is 4.30. The van der Waals surface area contributed by atoms with Crippen LogP contribution in [0.15, 0.2) is 24.3 Å². The van der Waals surface area contributed by atoms with Gasteiger partial charge in [0.2, 0.25) is 0 Å². The van der Waals surface area contributed by atoms with Gasteiger partial charge in [-0.3, -0.25) is 4.79 Å². The van der Waals surface area contributed by atoms with Gasteiger partial charge < -0.3 is 20.1 Å². The van der Waals surface area contributed by atoms with Crippen LogP contribution in [0.3, 0.4) is 0 Å². The van der Waals surface area contributed by atoms with Gasteiger partial charge in [-0.15, -0.1) is 0 Å². The molecule has 1 heterocycles. The number of urea groups is 1. The maximum atomic E-state index is 12.3. The number of hydrogen-bond donors (Lipinski definition) is 2. The molecule has 132 valence electrons. The molecule has 1 unspecified atom stereocenters. The highest BCUT2D eigenvalue weighted by atomic mass is 16.5. The van der Waals surface area contributed by atoms with Crippen LogP contribution < -0.4 is 10.1 Å². The topological polar surface area (TPSA) is 78.9 Å². The Morgan fingerprint density at radius 2 is 1.83 bits per heavy atom. The van der Waals surface area contributed by atoms with Gasteiger partial charge in [-0.25, -0.2) is 4.79 Å². The summed E-state index contributed by atoms with van der Waals surface area (Å²) in [5.41, 5.74) is 1.10. The zero-order chi connectivity index (χ0) is 17.7. The molecule has 1 aliphatic rings. The molecule has 6 heteroatoms. The van der Waals surface area contributed by atoms with Crippen molar-refractivity contribution in [2.75, 3.05) is 13.1 Å². The van der Waals surface area contributed by atoms with Gasteiger partial charge in [-0.1, -0.05) is 32.0 Å². The molecule has 6 nitrogen and oxygen atoms in total. The average Bonchev–Trinajstić information content (AvgIpc) is 2.55. The predicted octanol–water partition coefficient (Wildman–Crippen LogP) is 3.04. The molecule has 1 aliphatic heterocycles. The number of amides is 2. The third-order valence-corrected chi connectivity index (χ3v) is 4.30. The van der Waals surface area contributed by atoms with Crippen molar-refractivity contribution < 1.29 is 19.4 Å². The first-order valence-electron chi connectivity index (χ1n) is 8.42. The Bertz CT molecular complexity index is 580. The summed E-state index contributed by atoms with van der Waals surface area (Å²) >= 11 is 0. The smallest absolute Gasteiger partial charge is 0.320 e. The molecule has 0 bridgehead atoms. The average molecular weight is 334 g/mol. The molecule has 24 heavy (non-hydrogen) atoms. The van der Waals surface area contributed by atoms with E-state index in [1.807, 2.05) is 24.3 Å². The predicted molar refractivity (Wildman–Crippen MR) is 91.1 cm³/mol. The lowest BCUT2D eigenvalue weighted by Crippen LogP contribution is -2.49. The first-order valence-corrected chi connectivity index (χ1v) is 8.42. The summed E-state index contributed by atoms with van der Waals surface area (Å²) in [5.74, 6) is -0.0262. The molecule has 1 atom stereocenters. The zero-order valence-electron chi connectivity index (χ0n) is 14.5. The second kappa shape index (κ2) is 8.04. The Balaban J connectivity index is 1.88. The quantitative estimate of drug-likeness (QED) is 0.811. The van der Waals surface area contributed by atoms with Crippen LogP contribution in [-0.4, -0.2) is 41.3 Å². The molecule has 2 amide bonds. The second-order valence-electron chi connectivity index (χ2n) is 6.50. The molecule has 1 fully saturated rings. The highest BCUT2D eigenvalue weighted by molar-refractivity contribution is 5.75. The molecule has 0 aromatic heterocycles. The minimum Gasteiger partial charge on any atom is -0.481 e. The van der Waals surface area contributed by atoms with Gasteiger partial charge in [0.05, 0.1) is 5.92 Å². The number of nitrogens with one attached hydrogen (secondary N) is 1. The molecule has 1 aromatic rings. The third kappa shape index (κ3) is 4.63. The molecular formula is C18H26N2O4. The van der Waals surface area contributed by atoms with Crippen LogP contribution in [0.1, 0.15) is 45.1 Å². The number of carboxylic acid groups (broad SMARTS) is 1. The van der Waals surface area contributed by atoms with Crippen LogP contribution in [0.25, 0.3) is 0 Å². The van der Waals surface area contributed by atoms with Crippen molar-refractivity contribution in [3.8, 4) is 5.75 Å². The lowest BCUT2D eigenvalue weighted by Gasteiger charge is -2.31. The molecule has 0 aliphatic carbocycles. The van der Waals surface area contributed by atoms with E-state index in [0.29, 0.717) is 31.8 Å². The van der Waals surface area contributed by atoms with E-state index in [0.717, 1.165) is 11.3 Å². The van der Waals surface area contributed by atoms with Crippen molar-refractivity contribution in [2.45, 2.75) is 45.8 Å². The Hall–Kier alpha value is -2.24.